The lowest BCUT2D eigenvalue weighted by atomic mass is 10.4. The normalized spacial score (nSPS) is 11.3. The molecule has 2 aromatic heterocycles. The second kappa shape index (κ2) is 5.14. The van der Waals surface area contributed by atoms with Crippen molar-refractivity contribution < 1.29 is 0 Å². The molecule has 17 heavy (non-hydrogen) atoms. The van der Waals surface area contributed by atoms with Gasteiger partial charge in [0.15, 0.2) is 0 Å². The Hall–Kier alpha value is -1.62. The van der Waals surface area contributed by atoms with Crippen molar-refractivity contribution in [3.63, 3.8) is 0 Å². The zero-order valence-electron chi connectivity index (χ0n) is 10.6. The second-order valence-corrected chi connectivity index (χ2v) is 4.44. The molecule has 0 atom stereocenters. The van der Waals surface area contributed by atoms with Crippen molar-refractivity contribution >= 4 is 0 Å². The monoisotopic (exact) mass is 233 g/mol. The molecule has 0 aromatic carbocycles. The molecule has 0 aliphatic carbocycles. The Kier molecular flexibility index (Phi) is 3.58. The van der Waals surface area contributed by atoms with E-state index < -0.39 is 0 Å². The van der Waals surface area contributed by atoms with Gasteiger partial charge >= 0.3 is 0 Å². The van der Waals surface area contributed by atoms with E-state index in [1.54, 1.807) is 0 Å². The largest absolute Gasteiger partial charge is 0.337 e. The number of rotatable bonds is 5. The number of hydrogen-bond acceptors (Lipinski definition) is 3. The van der Waals surface area contributed by atoms with Gasteiger partial charge < -0.3 is 9.88 Å². The van der Waals surface area contributed by atoms with Crippen molar-refractivity contribution in [3.8, 4) is 0 Å². The molecule has 0 saturated heterocycles. The molecule has 0 unspecified atom stereocenters. The summed E-state index contributed by atoms with van der Waals surface area (Å²) in [5, 5.41) is 7.82. The van der Waals surface area contributed by atoms with E-state index in [-0.39, 0.29) is 0 Å². The van der Waals surface area contributed by atoms with Gasteiger partial charge in [-0.15, -0.1) is 0 Å². The van der Waals surface area contributed by atoms with Crippen LogP contribution < -0.4 is 5.32 Å². The number of nitrogens with zero attached hydrogens (tertiary/aromatic N) is 4. The van der Waals surface area contributed by atoms with Gasteiger partial charge in [-0.25, -0.2) is 4.98 Å². The lowest BCUT2D eigenvalue weighted by Crippen LogP contribution is -2.16. The van der Waals surface area contributed by atoms with Crippen LogP contribution in [0.1, 0.15) is 31.4 Å². The van der Waals surface area contributed by atoms with Gasteiger partial charge in [0, 0.05) is 38.2 Å². The van der Waals surface area contributed by atoms with Crippen LogP contribution in [0, 0.1) is 0 Å². The van der Waals surface area contributed by atoms with Crippen LogP contribution >= 0.6 is 0 Å². The minimum absolute atomic E-state index is 0.415. The molecule has 5 heteroatoms. The Bertz CT molecular complexity index is 469. The maximum Gasteiger partial charge on any atom is 0.122 e. The summed E-state index contributed by atoms with van der Waals surface area (Å²) in [4.78, 5) is 4.26. The Morgan fingerprint density at radius 3 is 2.71 bits per heavy atom. The highest BCUT2D eigenvalue weighted by molar-refractivity contribution is 4.99. The van der Waals surface area contributed by atoms with Crippen molar-refractivity contribution in [2.75, 3.05) is 0 Å². The number of nitrogens with one attached hydrogen (secondary N) is 1. The quantitative estimate of drug-likeness (QED) is 0.851. The number of hydrogen-bond donors (Lipinski definition) is 1. The predicted molar refractivity (Wildman–Crippen MR) is 66.4 cm³/mol. The van der Waals surface area contributed by atoms with Crippen LogP contribution in [0.4, 0.5) is 0 Å². The third-order valence-electron chi connectivity index (χ3n) is 2.70. The van der Waals surface area contributed by atoms with Crippen LogP contribution in [0.15, 0.2) is 24.7 Å². The number of aryl methyl sites for hydroxylation is 1. The van der Waals surface area contributed by atoms with E-state index in [4.69, 9.17) is 0 Å². The Morgan fingerprint density at radius 2 is 2.12 bits per heavy atom. The Labute approximate surface area is 101 Å². The Balaban J connectivity index is 1.84. The fourth-order valence-electron chi connectivity index (χ4n) is 1.63. The van der Waals surface area contributed by atoms with Gasteiger partial charge in [-0.3, -0.25) is 4.68 Å². The summed E-state index contributed by atoms with van der Waals surface area (Å²) in [6, 6.07) is 2.46. The summed E-state index contributed by atoms with van der Waals surface area (Å²) in [6.45, 7) is 5.78. The molecule has 2 aromatic rings. The first-order valence-electron chi connectivity index (χ1n) is 5.88. The van der Waals surface area contributed by atoms with Gasteiger partial charge in [-0.1, -0.05) is 0 Å². The standard InChI is InChI=1S/C12H19N5/c1-10(2)17-6-4-11(15-17)8-13-9-12-14-5-7-16(12)3/h4-7,10,13H,8-9H2,1-3H3. The first kappa shape index (κ1) is 11.9. The zero-order valence-corrected chi connectivity index (χ0v) is 10.6. The average Bonchev–Trinajstić information content (AvgIpc) is 2.89. The van der Waals surface area contributed by atoms with Crippen molar-refractivity contribution in [1.82, 2.24) is 24.6 Å². The van der Waals surface area contributed by atoms with E-state index in [0.29, 0.717) is 6.04 Å². The first-order valence-corrected chi connectivity index (χ1v) is 5.88. The molecule has 2 heterocycles. The summed E-state index contributed by atoms with van der Waals surface area (Å²) >= 11 is 0. The SMILES string of the molecule is CC(C)n1ccc(CNCc2nccn2C)n1. The maximum atomic E-state index is 4.48. The van der Waals surface area contributed by atoms with Crippen LogP contribution in [-0.2, 0) is 20.1 Å². The van der Waals surface area contributed by atoms with E-state index in [2.05, 4.69) is 29.2 Å². The molecule has 0 bridgehead atoms. The summed E-state index contributed by atoms with van der Waals surface area (Å²) in [7, 11) is 2.00. The van der Waals surface area contributed by atoms with Gasteiger partial charge in [-0.2, -0.15) is 5.10 Å². The van der Waals surface area contributed by atoms with Crippen molar-refractivity contribution in [2.45, 2.75) is 33.0 Å². The first-order chi connectivity index (χ1) is 8.16. The molecule has 0 fully saturated rings. The van der Waals surface area contributed by atoms with Crippen LogP contribution in [0.2, 0.25) is 0 Å². The fourth-order valence-corrected chi connectivity index (χ4v) is 1.63. The summed E-state index contributed by atoms with van der Waals surface area (Å²) in [6.07, 6.45) is 5.78. The van der Waals surface area contributed by atoms with Gasteiger partial charge in [-0.05, 0) is 19.9 Å². The predicted octanol–water partition coefficient (Wildman–Crippen LogP) is 1.49. The average molecular weight is 233 g/mol. The molecule has 0 aliphatic rings. The van der Waals surface area contributed by atoms with Crippen molar-refractivity contribution in [1.29, 1.82) is 0 Å². The number of aromatic nitrogens is 4. The molecule has 5 nitrogen and oxygen atoms in total. The Morgan fingerprint density at radius 1 is 1.29 bits per heavy atom. The maximum absolute atomic E-state index is 4.48. The van der Waals surface area contributed by atoms with E-state index in [1.807, 2.05) is 41.0 Å². The highest BCUT2D eigenvalue weighted by Gasteiger charge is 2.02. The fraction of sp³-hybridized carbons (Fsp3) is 0.500. The van der Waals surface area contributed by atoms with Gasteiger partial charge in [0.25, 0.3) is 0 Å². The molecule has 2 rings (SSSR count). The lowest BCUT2D eigenvalue weighted by molar-refractivity contribution is 0.520. The molecule has 0 spiro atoms. The molecule has 92 valence electrons. The van der Waals surface area contributed by atoms with Gasteiger partial charge in [0.05, 0.1) is 12.2 Å². The molecule has 0 aliphatic heterocycles. The highest BCUT2D eigenvalue weighted by Crippen LogP contribution is 2.04. The molecular formula is C12H19N5. The molecular weight excluding hydrogens is 214 g/mol. The van der Waals surface area contributed by atoms with Crippen molar-refractivity contribution in [2.24, 2.45) is 7.05 Å². The van der Waals surface area contributed by atoms with E-state index in [0.717, 1.165) is 24.6 Å². The lowest BCUT2D eigenvalue weighted by Gasteiger charge is -2.05. The van der Waals surface area contributed by atoms with Crippen LogP contribution in [0.5, 0.6) is 0 Å². The highest BCUT2D eigenvalue weighted by atomic mass is 15.3. The van der Waals surface area contributed by atoms with E-state index in [9.17, 15) is 0 Å². The summed E-state index contributed by atoms with van der Waals surface area (Å²) in [5.41, 5.74) is 1.06. The topological polar surface area (TPSA) is 47.7 Å². The molecule has 0 radical (unpaired) electrons. The van der Waals surface area contributed by atoms with Crippen molar-refractivity contribution in [3.05, 3.63) is 36.2 Å². The van der Waals surface area contributed by atoms with E-state index >= 15 is 0 Å². The van der Waals surface area contributed by atoms with E-state index in [1.165, 1.54) is 0 Å². The zero-order chi connectivity index (χ0) is 12.3. The van der Waals surface area contributed by atoms with Crippen LogP contribution in [0.25, 0.3) is 0 Å². The molecule has 0 saturated carbocycles. The number of imidazole rings is 1. The third-order valence-corrected chi connectivity index (χ3v) is 2.70. The van der Waals surface area contributed by atoms with Crippen LogP contribution in [-0.4, -0.2) is 19.3 Å². The molecule has 1 N–H and O–H groups in total. The molecule has 0 amide bonds. The minimum Gasteiger partial charge on any atom is -0.337 e. The second-order valence-electron chi connectivity index (χ2n) is 4.44. The van der Waals surface area contributed by atoms with Gasteiger partial charge in [0.1, 0.15) is 5.82 Å². The summed E-state index contributed by atoms with van der Waals surface area (Å²) < 4.78 is 3.98. The van der Waals surface area contributed by atoms with Crippen LogP contribution in [0.3, 0.4) is 0 Å². The summed E-state index contributed by atoms with van der Waals surface area (Å²) in [5.74, 6) is 1.04. The third kappa shape index (κ3) is 2.94. The van der Waals surface area contributed by atoms with Gasteiger partial charge in [0.2, 0.25) is 0 Å². The minimum atomic E-state index is 0.415. The smallest absolute Gasteiger partial charge is 0.122 e.